The third kappa shape index (κ3) is 5.88. The second-order valence-corrected chi connectivity index (χ2v) is 4.37. The summed E-state index contributed by atoms with van der Waals surface area (Å²) in [5, 5.41) is 20.1. The number of hydrogen-bond acceptors (Lipinski definition) is 4. The molecule has 21 heavy (non-hydrogen) atoms. The molecule has 0 bridgehead atoms. The maximum absolute atomic E-state index is 12.7. The molecule has 0 unspecified atom stereocenters. The Labute approximate surface area is 122 Å². The van der Waals surface area contributed by atoms with Crippen LogP contribution in [0.4, 0.5) is 4.39 Å². The van der Waals surface area contributed by atoms with Gasteiger partial charge in [0.25, 0.3) is 0 Å². The predicted molar refractivity (Wildman–Crippen MR) is 73.9 cm³/mol. The van der Waals surface area contributed by atoms with E-state index in [1.54, 1.807) is 12.1 Å². The lowest BCUT2D eigenvalue weighted by Crippen LogP contribution is -2.45. The summed E-state index contributed by atoms with van der Waals surface area (Å²) in [6.45, 7) is -0.346. The number of carbonyl (C=O) groups is 2. The summed E-state index contributed by atoms with van der Waals surface area (Å²) in [6, 6.07) is 5.86. The molecule has 0 aliphatic carbocycles. The largest absolute Gasteiger partial charge is 0.395 e. The zero-order chi connectivity index (χ0) is 15.7. The Balaban J connectivity index is 2.41. The molecule has 116 valence electrons. The monoisotopic (exact) mass is 298 g/mol. The van der Waals surface area contributed by atoms with Gasteiger partial charge in [0, 0.05) is 19.6 Å². The lowest BCUT2D eigenvalue weighted by atomic mass is 10.1. The first-order chi connectivity index (χ1) is 10.1. The van der Waals surface area contributed by atoms with E-state index in [9.17, 15) is 14.0 Å². The third-order valence-electron chi connectivity index (χ3n) is 2.83. The average molecular weight is 298 g/mol. The first-order valence-electron chi connectivity index (χ1n) is 6.61. The number of carbonyl (C=O) groups excluding carboxylic acids is 2. The number of nitrogens with one attached hydrogen (secondary N) is 1. The molecule has 3 N–H and O–H groups in total. The van der Waals surface area contributed by atoms with Crippen molar-refractivity contribution in [1.82, 2.24) is 10.2 Å². The van der Waals surface area contributed by atoms with Crippen molar-refractivity contribution in [3.63, 3.8) is 0 Å². The summed E-state index contributed by atoms with van der Waals surface area (Å²) in [7, 11) is 0. The Bertz CT molecular complexity index is 459. The third-order valence-corrected chi connectivity index (χ3v) is 2.83. The Kier molecular flexibility index (Phi) is 7.34. The summed E-state index contributed by atoms with van der Waals surface area (Å²) in [5.41, 5.74) is 0.840. The van der Waals surface area contributed by atoms with Gasteiger partial charge in [0.05, 0.1) is 13.2 Å². The Morgan fingerprint density at radius 3 is 2.19 bits per heavy atom. The molecule has 1 aromatic rings. The highest BCUT2D eigenvalue weighted by atomic mass is 19.1. The maximum Gasteiger partial charge on any atom is 0.312 e. The van der Waals surface area contributed by atoms with E-state index in [0.29, 0.717) is 6.42 Å². The van der Waals surface area contributed by atoms with Crippen molar-refractivity contribution in [2.45, 2.75) is 6.42 Å². The van der Waals surface area contributed by atoms with Crippen molar-refractivity contribution in [3.05, 3.63) is 35.6 Å². The molecule has 6 nitrogen and oxygen atoms in total. The minimum Gasteiger partial charge on any atom is -0.395 e. The van der Waals surface area contributed by atoms with Crippen molar-refractivity contribution in [1.29, 1.82) is 0 Å². The molecular weight excluding hydrogens is 279 g/mol. The van der Waals surface area contributed by atoms with Gasteiger partial charge in [-0.1, -0.05) is 12.1 Å². The minimum atomic E-state index is -0.794. The van der Waals surface area contributed by atoms with Crippen molar-refractivity contribution in [2.24, 2.45) is 0 Å². The normalized spacial score (nSPS) is 10.2. The van der Waals surface area contributed by atoms with Gasteiger partial charge in [-0.05, 0) is 24.1 Å². The van der Waals surface area contributed by atoms with Crippen LogP contribution in [0.2, 0.25) is 0 Å². The van der Waals surface area contributed by atoms with Crippen LogP contribution >= 0.6 is 0 Å². The molecule has 0 spiro atoms. The van der Waals surface area contributed by atoms with Gasteiger partial charge >= 0.3 is 11.8 Å². The Hall–Kier alpha value is -1.99. The number of halogens is 1. The van der Waals surface area contributed by atoms with Gasteiger partial charge in [-0.3, -0.25) is 9.59 Å². The first-order valence-corrected chi connectivity index (χ1v) is 6.61. The predicted octanol–water partition coefficient (Wildman–Crippen LogP) is -0.702. The molecule has 0 heterocycles. The number of hydrogen-bond donors (Lipinski definition) is 3. The van der Waals surface area contributed by atoms with Crippen LogP contribution in [-0.4, -0.2) is 59.8 Å². The highest BCUT2D eigenvalue weighted by Gasteiger charge is 2.20. The van der Waals surface area contributed by atoms with Crippen LogP contribution in [0.1, 0.15) is 5.56 Å². The molecule has 7 heteroatoms. The van der Waals surface area contributed by atoms with Crippen molar-refractivity contribution in [3.8, 4) is 0 Å². The fourth-order valence-electron chi connectivity index (χ4n) is 1.75. The van der Waals surface area contributed by atoms with E-state index in [2.05, 4.69) is 5.32 Å². The highest BCUT2D eigenvalue weighted by Crippen LogP contribution is 2.02. The van der Waals surface area contributed by atoms with E-state index < -0.39 is 11.8 Å². The van der Waals surface area contributed by atoms with Gasteiger partial charge in [-0.15, -0.1) is 0 Å². The summed E-state index contributed by atoms with van der Waals surface area (Å²) in [5.74, 6) is -1.92. The Morgan fingerprint density at radius 1 is 1.10 bits per heavy atom. The van der Waals surface area contributed by atoms with Crippen LogP contribution in [0.5, 0.6) is 0 Å². The van der Waals surface area contributed by atoms with Crippen molar-refractivity contribution in [2.75, 3.05) is 32.8 Å². The number of benzene rings is 1. The number of aliphatic hydroxyl groups is 2. The molecule has 0 atom stereocenters. The number of rotatable bonds is 7. The van der Waals surface area contributed by atoms with Gasteiger partial charge < -0.3 is 20.4 Å². The lowest BCUT2D eigenvalue weighted by molar-refractivity contribution is -0.146. The average Bonchev–Trinajstić information content (AvgIpc) is 2.48. The summed E-state index contributed by atoms with van der Waals surface area (Å²) < 4.78 is 12.7. The van der Waals surface area contributed by atoms with Gasteiger partial charge in [0.1, 0.15) is 5.82 Å². The van der Waals surface area contributed by atoms with Gasteiger partial charge in [0.2, 0.25) is 0 Å². The van der Waals surface area contributed by atoms with E-state index in [1.807, 2.05) is 0 Å². The number of amides is 2. The first kappa shape index (κ1) is 17.1. The van der Waals surface area contributed by atoms with Crippen LogP contribution in [0.3, 0.4) is 0 Å². The van der Waals surface area contributed by atoms with Crippen LogP contribution in [0, 0.1) is 5.82 Å². The smallest absolute Gasteiger partial charge is 0.312 e. The van der Waals surface area contributed by atoms with E-state index in [4.69, 9.17) is 10.2 Å². The molecular formula is C14H19FN2O4. The van der Waals surface area contributed by atoms with E-state index in [0.717, 1.165) is 10.5 Å². The minimum absolute atomic E-state index is 0.00915. The maximum atomic E-state index is 12.7. The molecule has 0 fully saturated rings. The zero-order valence-corrected chi connectivity index (χ0v) is 11.6. The van der Waals surface area contributed by atoms with Crippen LogP contribution < -0.4 is 5.32 Å². The second kappa shape index (κ2) is 9.04. The van der Waals surface area contributed by atoms with Crippen LogP contribution in [0.25, 0.3) is 0 Å². The Morgan fingerprint density at radius 2 is 1.67 bits per heavy atom. The van der Waals surface area contributed by atoms with Crippen molar-refractivity contribution >= 4 is 11.8 Å². The quantitative estimate of drug-likeness (QED) is 0.581. The van der Waals surface area contributed by atoms with Gasteiger partial charge in [0.15, 0.2) is 0 Å². The van der Waals surface area contributed by atoms with Crippen LogP contribution in [0.15, 0.2) is 24.3 Å². The molecule has 1 aromatic carbocycles. The summed E-state index contributed by atoms with van der Waals surface area (Å²) in [6.07, 6.45) is 0.472. The fourth-order valence-corrected chi connectivity index (χ4v) is 1.75. The molecule has 2 amide bonds. The topological polar surface area (TPSA) is 89.9 Å². The van der Waals surface area contributed by atoms with Crippen molar-refractivity contribution < 1.29 is 24.2 Å². The number of aliphatic hydroxyl groups excluding tert-OH is 2. The molecule has 0 saturated heterocycles. The second-order valence-electron chi connectivity index (χ2n) is 4.37. The van der Waals surface area contributed by atoms with E-state index >= 15 is 0 Å². The van der Waals surface area contributed by atoms with E-state index in [1.165, 1.54) is 12.1 Å². The molecule has 0 radical (unpaired) electrons. The molecule has 0 aliphatic rings. The SMILES string of the molecule is O=C(NCCc1ccc(F)cc1)C(=O)N(CCO)CCO. The van der Waals surface area contributed by atoms with Gasteiger partial charge in [-0.25, -0.2) is 4.39 Å². The molecule has 0 saturated carbocycles. The summed E-state index contributed by atoms with van der Waals surface area (Å²) >= 11 is 0. The standard InChI is InChI=1S/C14H19FN2O4/c15-12-3-1-11(2-4-12)5-6-16-13(20)14(21)17(7-9-18)8-10-19/h1-4,18-19H,5-10H2,(H,16,20). The fraction of sp³-hybridized carbons (Fsp3) is 0.429. The molecule has 0 aromatic heterocycles. The molecule has 0 aliphatic heterocycles. The lowest BCUT2D eigenvalue weighted by Gasteiger charge is -2.19. The van der Waals surface area contributed by atoms with Crippen LogP contribution in [-0.2, 0) is 16.0 Å². The zero-order valence-electron chi connectivity index (χ0n) is 11.6. The number of nitrogens with zero attached hydrogens (tertiary/aromatic N) is 1. The highest BCUT2D eigenvalue weighted by molar-refractivity contribution is 6.35. The molecule has 1 rings (SSSR count). The van der Waals surface area contributed by atoms with E-state index in [-0.39, 0.29) is 38.7 Å². The summed E-state index contributed by atoms with van der Waals surface area (Å²) in [4.78, 5) is 24.5. The van der Waals surface area contributed by atoms with Gasteiger partial charge in [-0.2, -0.15) is 0 Å².